The molecule has 0 N–H and O–H groups in total. The first-order valence-electron chi connectivity index (χ1n) is 5.34. The van der Waals surface area contributed by atoms with Crippen LogP contribution in [0.15, 0.2) is 0 Å². The summed E-state index contributed by atoms with van der Waals surface area (Å²) < 4.78 is 37.8. The third kappa shape index (κ3) is 3.14. The molecule has 94 valence electrons. The van der Waals surface area contributed by atoms with E-state index in [9.17, 15) is 8.42 Å². The second-order valence-electron chi connectivity index (χ2n) is 4.09. The lowest BCUT2D eigenvalue weighted by Gasteiger charge is -2.33. The Morgan fingerprint density at radius 1 is 1.19 bits per heavy atom. The summed E-state index contributed by atoms with van der Waals surface area (Å²) in [5.74, 6) is 0. The van der Waals surface area contributed by atoms with Crippen molar-refractivity contribution in [2.45, 2.75) is 12.1 Å². The Bertz CT molecular complexity index is 325. The van der Waals surface area contributed by atoms with Gasteiger partial charge in [0.2, 0.25) is 0 Å². The van der Waals surface area contributed by atoms with E-state index < -0.39 is 10.1 Å². The van der Waals surface area contributed by atoms with Crippen molar-refractivity contribution in [3.8, 4) is 0 Å². The predicted octanol–water partition coefficient (Wildman–Crippen LogP) is -0.938. The van der Waals surface area contributed by atoms with Gasteiger partial charge in [0.1, 0.15) is 6.10 Å². The topological polar surface area (TPSA) is 65.1 Å². The SMILES string of the molecule is CS(=O)(=O)O[C@H]1COC[C@@H]1N1CCOCC1. The molecule has 2 heterocycles. The van der Waals surface area contributed by atoms with E-state index in [0.29, 0.717) is 26.4 Å². The van der Waals surface area contributed by atoms with E-state index >= 15 is 0 Å². The van der Waals surface area contributed by atoms with E-state index in [2.05, 4.69) is 4.90 Å². The molecule has 2 saturated heterocycles. The van der Waals surface area contributed by atoms with Crippen molar-refractivity contribution in [3.63, 3.8) is 0 Å². The van der Waals surface area contributed by atoms with Crippen LogP contribution in [0.2, 0.25) is 0 Å². The summed E-state index contributed by atoms with van der Waals surface area (Å²) >= 11 is 0. The van der Waals surface area contributed by atoms with Crippen molar-refractivity contribution in [1.29, 1.82) is 0 Å². The van der Waals surface area contributed by atoms with Crippen molar-refractivity contribution in [1.82, 2.24) is 4.90 Å². The molecule has 0 aromatic carbocycles. The summed E-state index contributed by atoms with van der Waals surface area (Å²) in [6, 6.07) is 0.0265. The number of hydrogen-bond acceptors (Lipinski definition) is 6. The van der Waals surface area contributed by atoms with E-state index in [-0.39, 0.29) is 12.1 Å². The third-order valence-corrected chi connectivity index (χ3v) is 3.41. The highest BCUT2D eigenvalue weighted by Crippen LogP contribution is 2.19. The molecule has 6 nitrogen and oxygen atoms in total. The minimum absolute atomic E-state index is 0.0265. The maximum Gasteiger partial charge on any atom is 0.264 e. The van der Waals surface area contributed by atoms with Crippen LogP contribution in [0.25, 0.3) is 0 Å². The predicted molar refractivity (Wildman–Crippen MR) is 56.7 cm³/mol. The molecular weight excluding hydrogens is 234 g/mol. The van der Waals surface area contributed by atoms with Crippen molar-refractivity contribution in [2.24, 2.45) is 0 Å². The van der Waals surface area contributed by atoms with Crippen LogP contribution in [0.1, 0.15) is 0 Å². The number of morpholine rings is 1. The second-order valence-corrected chi connectivity index (χ2v) is 5.69. The van der Waals surface area contributed by atoms with Gasteiger partial charge < -0.3 is 9.47 Å². The molecule has 0 aromatic heterocycles. The van der Waals surface area contributed by atoms with Crippen molar-refractivity contribution >= 4 is 10.1 Å². The van der Waals surface area contributed by atoms with Crippen LogP contribution in [0.5, 0.6) is 0 Å². The monoisotopic (exact) mass is 251 g/mol. The zero-order chi connectivity index (χ0) is 11.6. The number of ether oxygens (including phenoxy) is 2. The fraction of sp³-hybridized carbons (Fsp3) is 1.00. The highest BCUT2D eigenvalue weighted by molar-refractivity contribution is 7.86. The van der Waals surface area contributed by atoms with Crippen LogP contribution in [-0.2, 0) is 23.8 Å². The van der Waals surface area contributed by atoms with E-state index in [0.717, 1.165) is 19.3 Å². The first-order chi connectivity index (χ1) is 7.56. The normalized spacial score (nSPS) is 33.1. The fourth-order valence-corrected chi connectivity index (χ4v) is 2.72. The van der Waals surface area contributed by atoms with Gasteiger partial charge in [0.25, 0.3) is 10.1 Å². The van der Waals surface area contributed by atoms with Gasteiger partial charge in [0.05, 0.1) is 38.7 Å². The Labute approximate surface area is 95.6 Å². The molecule has 2 atom stereocenters. The molecule has 0 spiro atoms. The van der Waals surface area contributed by atoms with Gasteiger partial charge in [-0.2, -0.15) is 8.42 Å². The molecule has 2 rings (SSSR count). The quantitative estimate of drug-likeness (QED) is 0.603. The molecule has 0 bridgehead atoms. The Kier molecular flexibility index (Phi) is 3.81. The Morgan fingerprint density at radius 2 is 1.88 bits per heavy atom. The zero-order valence-corrected chi connectivity index (χ0v) is 10.1. The lowest BCUT2D eigenvalue weighted by molar-refractivity contribution is -0.00139. The molecular formula is C9H17NO5S. The maximum absolute atomic E-state index is 11.1. The van der Waals surface area contributed by atoms with Crippen LogP contribution >= 0.6 is 0 Å². The van der Waals surface area contributed by atoms with E-state index in [4.69, 9.17) is 13.7 Å². The molecule has 0 saturated carbocycles. The number of nitrogens with zero attached hydrogens (tertiary/aromatic N) is 1. The summed E-state index contributed by atoms with van der Waals surface area (Å²) in [7, 11) is -3.42. The van der Waals surface area contributed by atoms with E-state index in [1.54, 1.807) is 0 Å². The molecule has 2 fully saturated rings. The first-order valence-corrected chi connectivity index (χ1v) is 7.16. The van der Waals surface area contributed by atoms with Crippen LogP contribution in [-0.4, -0.2) is 71.2 Å². The fourth-order valence-electron chi connectivity index (χ4n) is 2.09. The Balaban J connectivity index is 1.97. The largest absolute Gasteiger partial charge is 0.379 e. The van der Waals surface area contributed by atoms with E-state index in [1.807, 2.05) is 0 Å². The van der Waals surface area contributed by atoms with Gasteiger partial charge in [-0.05, 0) is 0 Å². The summed E-state index contributed by atoms with van der Waals surface area (Å²) in [6.07, 6.45) is 0.690. The molecule has 0 radical (unpaired) electrons. The zero-order valence-electron chi connectivity index (χ0n) is 9.29. The van der Waals surface area contributed by atoms with Gasteiger partial charge in [-0.25, -0.2) is 0 Å². The molecule has 2 aliphatic heterocycles. The van der Waals surface area contributed by atoms with Crippen LogP contribution in [0.3, 0.4) is 0 Å². The smallest absolute Gasteiger partial charge is 0.264 e. The van der Waals surface area contributed by atoms with Gasteiger partial charge in [0, 0.05) is 13.1 Å². The molecule has 0 aromatic rings. The summed E-state index contributed by atoms with van der Waals surface area (Å²) in [4.78, 5) is 2.17. The lowest BCUT2D eigenvalue weighted by atomic mass is 10.2. The summed E-state index contributed by atoms with van der Waals surface area (Å²) in [5, 5.41) is 0. The maximum atomic E-state index is 11.1. The average molecular weight is 251 g/mol. The molecule has 0 aliphatic carbocycles. The first kappa shape index (κ1) is 12.3. The van der Waals surface area contributed by atoms with Gasteiger partial charge in [-0.3, -0.25) is 9.08 Å². The Morgan fingerprint density at radius 3 is 2.50 bits per heavy atom. The minimum atomic E-state index is -3.42. The standard InChI is InChI=1S/C9H17NO5S/c1-16(11,12)15-9-7-14-6-8(9)10-2-4-13-5-3-10/h8-9H,2-7H2,1H3/t8-,9-/m0/s1. The minimum Gasteiger partial charge on any atom is -0.379 e. The van der Waals surface area contributed by atoms with Gasteiger partial charge in [-0.1, -0.05) is 0 Å². The number of rotatable bonds is 3. The molecule has 0 amide bonds. The Hall–Kier alpha value is -0.210. The summed E-state index contributed by atoms with van der Waals surface area (Å²) in [6.45, 7) is 3.84. The molecule has 7 heteroatoms. The van der Waals surface area contributed by atoms with E-state index in [1.165, 1.54) is 0 Å². The molecule has 0 unspecified atom stereocenters. The van der Waals surface area contributed by atoms with Crippen LogP contribution < -0.4 is 0 Å². The second kappa shape index (κ2) is 4.97. The van der Waals surface area contributed by atoms with Crippen molar-refractivity contribution in [2.75, 3.05) is 45.8 Å². The summed E-state index contributed by atoms with van der Waals surface area (Å²) in [5.41, 5.74) is 0. The van der Waals surface area contributed by atoms with Crippen molar-refractivity contribution < 1.29 is 22.1 Å². The van der Waals surface area contributed by atoms with Gasteiger partial charge in [0.15, 0.2) is 0 Å². The molecule has 2 aliphatic rings. The average Bonchev–Trinajstić information content (AvgIpc) is 2.64. The third-order valence-electron chi connectivity index (χ3n) is 2.81. The van der Waals surface area contributed by atoms with Crippen LogP contribution in [0, 0.1) is 0 Å². The highest BCUT2D eigenvalue weighted by atomic mass is 32.2. The number of hydrogen-bond donors (Lipinski definition) is 0. The van der Waals surface area contributed by atoms with Crippen molar-refractivity contribution in [3.05, 3.63) is 0 Å². The highest BCUT2D eigenvalue weighted by Gasteiger charge is 2.36. The lowest BCUT2D eigenvalue weighted by Crippen LogP contribution is -2.49. The van der Waals surface area contributed by atoms with Gasteiger partial charge >= 0.3 is 0 Å². The molecule has 16 heavy (non-hydrogen) atoms. The van der Waals surface area contributed by atoms with Crippen LogP contribution in [0.4, 0.5) is 0 Å². The van der Waals surface area contributed by atoms with Gasteiger partial charge in [-0.15, -0.1) is 0 Å².